The van der Waals surface area contributed by atoms with Crippen LogP contribution in [0.3, 0.4) is 0 Å². The number of halogens is 1. The molecule has 1 aliphatic carbocycles. The zero-order valence-corrected chi connectivity index (χ0v) is 14.9. The van der Waals surface area contributed by atoms with E-state index < -0.39 is 0 Å². The summed E-state index contributed by atoms with van der Waals surface area (Å²) in [6.45, 7) is 0. The second-order valence-electron chi connectivity index (χ2n) is 7.29. The fourth-order valence-corrected chi connectivity index (χ4v) is 3.95. The predicted octanol–water partition coefficient (Wildman–Crippen LogP) is 6.77. The summed E-state index contributed by atoms with van der Waals surface area (Å²) in [4.78, 5) is 0. The molecular weight excluding hydrogens is 318 g/mol. The fourth-order valence-electron chi connectivity index (χ4n) is 3.95. The predicted molar refractivity (Wildman–Crippen MR) is 108 cm³/mol. The lowest BCUT2D eigenvalue weighted by Crippen LogP contribution is -2.09. The first-order chi connectivity index (χ1) is 12.7. The van der Waals surface area contributed by atoms with Crippen LogP contribution in [0.4, 0.5) is 4.39 Å². The molecule has 3 aromatic rings. The number of hydrogen-bond acceptors (Lipinski definition) is 0. The average Bonchev–Trinajstić information content (AvgIpc) is 2.69. The van der Waals surface area contributed by atoms with Crippen molar-refractivity contribution in [2.24, 2.45) is 0 Å². The van der Waals surface area contributed by atoms with Crippen molar-refractivity contribution in [3.8, 4) is 22.3 Å². The van der Waals surface area contributed by atoms with Crippen molar-refractivity contribution in [2.45, 2.75) is 37.4 Å². The molecule has 1 saturated carbocycles. The zero-order valence-electron chi connectivity index (χ0n) is 14.9. The van der Waals surface area contributed by atoms with E-state index in [2.05, 4.69) is 24.3 Å². The summed E-state index contributed by atoms with van der Waals surface area (Å²) < 4.78 is 14.6. The van der Waals surface area contributed by atoms with Crippen LogP contribution in [0, 0.1) is 5.82 Å². The molecule has 2 heteroatoms. The van der Waals surface area contributed by atoms with Gasteiger partial charge in [-0.3, -0.25) is 0 Å². The van der Waals surface area contributed by atoms with Crippen LogP contribution in [0.1, 0.15) is 37.2 Å². The van der Waals surface area contributed by atoms with Gasteiger partial charge in [0, 0.05) is 5.56 Å². The fraction of sp³-hybridized carbons (Fsp3) is 0.250. The van der Waals surface area contributed by atoms with Crippen LogP contribution in [-0.4, -0.2) is 7.85 Å². The van der Waals surface area contributed by atoms with Crippen LogP contribution < -0.4 is 0 Å². The highest BCUT2D eigenvalue weighted by Crippen LogP contribution is 2.37. The van der Waals surface area contributed by atoms with E-state index in [9.17, 15) is 4.39 Å². The molecule has 0 atom stereocenters. The Labute approximate surface area is 156 Å². The van der Waals surface area contributed by atoms with Crippen molar-refractivity contribution < 1.29 is 4.39 Å². The summed E-state index contributed by atoms with van der Waals surface area (Å²) in [6, 6.07) is 23.8. The monoisotopic (exact) mass is 340 g/mol. The molecule has 0 unspecified atom stereocenters. The molecule has 0 N–H and O–H groups in total. The third-order valence-electron chi connectivity index (χ3n) is 5.54. The van der Waals surface area contributed by atoms with E-state index in [0.29, 0.717) is 17.3 Å². The Bertz CT molecular complexity index is 862. The molecule has 0 aromatic heterocycles. The Balaban J connectivity index is 1.55. The van der Waals surface area contributed by atoms with Gasteiger partial charge in [0.25, 0.3) is 0 Å². The molecule has 2 radical (unpaired) electrons. The van der Waals surface area contributed by atoms with E-state index in [1.54, 1.807) is 6.07 Å². The molecule has 3 aromatic carbocycles. The molecule has 0 spiro atoms. The molecule has 0 nitrogen and oxygen atoms in total. The van der Waals surface area contributed by atoms with Gasteiger partial charge < -0.3 is 0 Å². The lowest BCUT2D eigenvalue weighted by atomic mass is 9.70. The zero-order chi connectivity index (χ0) is 17.9. The first-order valence-corrected chi connectivity index (χ1v) is 9.41. The van der Waals surface area contributed by atoms with E-state index in [1.807, 2.05) is 42.5 Å². The average molecular weight is 340 g/mol. The van der Waals surface area contributed by atoms with Gasteiger partial charge >= 0.3 is 0 Å². The van der Waals surface area contributed by atoms with E-state index in [-0.39, 0.29) is 5.82 Å². The van der Waals surface area contributed by atoms with Crippen LogP contribution in [0.5, 0.6) is 0 Å². The standard InChI is InChI=1S/C24H22BF/c25-22-13-10-18(11-14-22)17-6-8-19(9-7-17)21-12-15-23(24(26)16-21)20-4-2-1-3-5-20/h1-9,12,15-16,18,22H,10-11,13-14H2. The van der Waals surface area contributed by atoms with Crippen molar-refractivity contribution in [3.63, 3.8) is 0 Å². The van der Waals surface area contributed by atoms with Gasteiger partial charge in [-0.2, -0.15) is 0 Å². The third-order valence-corrected chi connectivity index (χ3v) is 5.54. The Morgan fingerprint density at radius 1 is 0.692 bits per heavy atom. The van der Waals surface area contributed by atoms with Gasteiger partial charge in [-0.1, -0.05) is 85.4 Å². The highest BCUT2D eigenvalue weighted by Gasteiger charge is 2.19. The first-order valence-electron chi connectivity index (χ1n) is 9.41. The van der Waals surface area contributed by atoms with Crippen LogP contribution in [0.15, 0.2) is 72.8 Å². The molecule has 1 fully saturated rings. The molecule has 4 rings (SSSR count). The van der Waals surface area contributed by atoms with Crippen molar-refractivity contribution in [2.75, 3.05) is 0 Å². The highest BCUT2D eigenvalue weighted by atomic mass is 19.1. The van der Waals surface area contributed by atoms with Gasteiger partial charge in [0.2, 0.25) is 0 Å². The number of hydrogen-bond donors (Lipinski definition) is 0. The SMILES string of the molecule is [B]C1CCC(c2ccc(-c3ccc(-c4ccccc4)c(F)c3)cc2)CC1. The van der Waals surface area contributed by atoms with E-state index >= 15 is 0 Å². The second-order valence-corrected chi connectivity index (χ2v) is 7.29. The Morgan fingerprint density at radius 2 is 1.35 bits per heavy atom. The molecule has 0 bridgehead atoms. The summed E-state index contributed by atoms with van der Waals surface area (Å²) in [5, 5.41) is 0. The van der Waals surface area contributed by atoms with Gasteiger partial charge in [-0.25, -0.2) is 4.39 Å². The van der Waals surface area contributed by atoms with E-state index in [1.165, 1.54) is 18.4 Å². The third kappa shape index (κ3) is 3.60. The maximum atomic E-state index is 14.6. The molecule has 0 saturated heterocycles. The lowest BCUT2D eigenvalue weighted by molar-refractivity contribution is 0.444. The van der Waals surface area contributed by atoms with Crippen LogP contribution in [0.25, 0.3) is 22.3 Å². The van der Waals surface area contributed by atoms with Gasteiger partial charge in [0.1, 0.15) is 5.82 Å². The number of benzene rings is 3. The topological polar surface area (TPSA) is 0 Å². The maximum absolute atomic E-state index is 14.6. The number of rotatable bonds is 3. The van der Waals surface area contributed by atoms with Gasteiger partial charge in [0.15, 0.2) is 0 Å². The Kier molecular flexibility index (Phi) is 4.92. The maximum Gasteiger partial charge on any atom is 0.131 e. The van der Waals surface area contributed by atoms with Crippen molar-refractivity contribution >= 4 is 7.85 Å². The van der Waals surface area contributed by atoms with Crippen molar-refractivity contribution in [1.29, 1.82) is 0 Å². The molecule has 128 valence electrons. The van der Waals surface area contributed by atoms with Gasteiger partial charge in [0.05, 0.1) is 7.85 Å². The largest absolute Gasteiger partial charge is 0.206 e. The van der Waals surface area contributed by atoms with Crippen molar-refractivity contribution in [1.82, 2.24) is 0 Å². The highest BCUT2D eigenvalue weighted by molar-refractivity contribution is 6.11. The minimum Gasteiger partial charge on any atom is -0.206 e. The Hall–Kier alpha value is -2.35. The summed E-state index contributed by atoms with van der Waals surface area (Å²) in [7, 11) is 6.01. The van der Waals surface area contributed by atoms with Gasteiger partial charge in [-0.05, 0) is 47.1 Å². The smallest absolute Gasteiger partial charge is 0.131 e. The van der Waals surface area contributed by atoms with E-state index in [4.69, 9.17) is 7.85 Å². The van der Waals surface area contributed by atoms with Crippen LogP contribution >= 0.6 is 0 Å². The van der Waals surface area contributed by atoms with Crippen molar-refractivity contribution in [3.05, 3.63) is 84.2 Å². The van der Waals surface area contributed by atoms with Crippen LogP contribution in [-0.2, 0) is 0 Å². The molecule has 26 heavy (non-hydrogen) atoms. The quantitative estimate of drug-likeness (QED) is 0.461. The first kappa shape index (κ1) is 17.1. The molecule has 0 aliphatic heterocycles. The molecule has 0 heterocycles. The minimum atomic E-state index is -0.181. The van der Waals surface area contributed by atoms with Crippen LogP contribution in [0.2, 0.25) is 5.82 Å². The molecule has 0 amide bonds. The molecule has 1 aliphatic rings. The summed E-state index contributed by atoms with van der Waals surface area (Å²) in [5.41, 5.74) is 4.90. The van der Waals surface area contributed by atoms with Gasteiger partial charge in [-0.15, -0.1) is 0 Å². The molecular formula is C24H22BF. The lowest BCUT2D eigenvalue weighted by Gasteiger charge is -2.26. The van der Waals surface area contributed by atoms with E-state index in [0.717, 1.165) is 29.5 Å². The Morgan fingerprint density at radius 3 is 2.00 bits per heavy atom. The second kappa shape index (κ2) is 7.49. The normalized spacial score (nSPS) is 20.0. The minimum absolute atomic E-state index is 0.181. The summed E-state index contributed by atoms with van der Waals surface area (Å²) in [5.74, 6) is 0.803. The summed E-state index contributed by atoms with van der Waals surface area (Å²) >= 11 is 0. The summed E-state index contributed by atoms with van der Waals surface area (Å²) in [6.07, 6.45) is 4.55.